The summed E-state index contributed by atoms with van der Waals surface area (Å²) in [6.07, 6.45) is 4.93. The molecule has 0 aromatic heterocycles. The molecular formula is C15H18F2N2O2. The van der Waals surface area contributed by atoms with E-state index >= 15 is 0 Å². The van der Waals surface area contributed by atoms with Gasteiger partial charge in [0.05, 0.1) is 5.69 Å². The highest BCUT2D eigenvalue weighted by molar-refractivity contribution is 6.39. The summed E-state index contributed by atoms with van der Waals surface area (Å²) in [5, 5.41) is 2.13. The van der Waals surface area contributed by atoms with E-state index < -0.39 is 23.4 Å². The Balaban J connectivity index is 2.01. The van der Waals surface area contributed by atoms with E-state index in [4.69, 9.17) is 0 Å². The predicted octanol–water partition coefficient (Wildman–Crippen LogP) is 2.69. The van der Waals surface area contributed by atoms with Gasteiger partial charge < -0.3 is 10.2 Å². The Morgan fingerprint density at radius 3 is 2.52 bits per heavy atom. The summed E-state index contributed by atoms with van der Waals surface area (Å²) in [5.41, 5.74) is -0.328. The summed E-state index contributed by atoms with van der Waals surface area (Å²) in [6.45, 7) is 0. The van der Waals surface area contributed by atoms with Gasteiger partial charge in [0.1, 0.15) is 11.6 Å². The van der Waals surface area contributed by atoms with E-state index in [0.717, 1.165) is 50.3 Å². The highest BCUT2D eigenvalue weighted by Crippen LogP contribution is 2.22. The van der Waals surface area contributed by atoms with Crippen molar-refractivity contribution in [1.29, 1.82) is 0 Å². The average molecular weight is 296 g/mol. The molecule has 1 fully saturated rings. The van der Waals surface area contributed by atoms with Crippen molar-refractivity contribution in [3.63, 3.8) is 0 Å². The monoisotopic (exact) mass is 296 g/mol. The Morgan fingerprint density at radius 1 is 1.19 bits per heavy atom. The summed E-state index contributed by atoms with van der Waals surface area (Å²) in [7, 11) is 1.57. The Bertz CT molecular complexity index is 542. The first-order valence-corrected chi connectivity index (χ1v) is 7.02. The molecule has 0 heterocycles. The first-order valence-electron chi connectivity index (χ1n) is 7.02. The zero-order valence-electron chi connectivity index (χ0n) is 11.9. The molecule has 1 aliphatic rings. The van der Waals surface area contributed by atoms with Gasteiger partial charge in [-0.1, -0.05) is 19.3 Å². The van der Waals surface area contributed by atoms with E-state index in [2.05, 4.69) is 5.32 Å². The van der Waals surface area contributed by atoms with Crippen molar-refractivity contribution in [1.82, 2.24) is 4.90 Å². The number of benzene rings is 1. The SMILES string of the molecule is CN(C(=O)C(=O)Nc1cc(F)ccc1F)C1CCCCC1. The Labute approximate surface area is 122 Å². The summed E-state index contributed by atoms with van der Waals surface area (Å²) in [5.74, 6) is -3.14. The van der Waals surface area contributed by atoms with Crippen molar-refractivity contribution in [2.24, 2.45) is 0 Å². The number of carbonyl (C=O) groups is 2. The predicted molar refractivity (Wildman–Crippen MR) is 74.6 cm³/mol. The van der Waals surface area contributed by atoms with E-state index in [1.165, 1.54) is 4.90 Å². The van der Waals surface area contributed by atoms with Crippen LogP contribution < -0.4 is 5.32 Å². The second-order valence-corrected chi connectivity index (χ2v) is 5.29. The minimum Gasteiger partial charge on any atom is -0.335 e. The maximum absolute atomic E-state index is 13.4. The lowest BCUT2D eigenvalue weighted by Crippen LogP contribution is -2.44. The molecule has 0 unspecified atom stereocenters. The van der Waals surface area contributed by atoms with Gasteiger partial charge in [-0.25, -0.2) is 8.78 Å². The van der Waals surface area contributed by atoms with Crippen molar-refractivity contribution in [2.75, 3.05) is 12.4 Å². The molecule has 1 saturated carbocycles. The quantitative estimate of drug-likeness (QED) is 0.853. The van der Waals surface area contributed by atoms with Gasteiger partial charge in [0.15, 0.2) is 0 Å². The Morgan fingerprint density at radius 2 is 1.86 bits per heavy atom. The highest BCUT2D eigenvalue weighted by atomic mass is 19.1. The molecule has 0 aliphatic heterocycles. The number of amides is 2. The summed E-state index contributed by atoms with van der Waals surface area (Å²) >= 11 is 0. The molecule has 114 valence electrons. The number of nitrogens with zero attached hydrogens (tertiary/aromatic N) is 1. The molecule has 1 aromatic rings. The van der Waals surface area contributed by atoms with Crippen LogP contribution >= 0.6 is 0 Å². The number of hydrogen-bond acceptors (Lipinski definition) is 2. The van der Waals surface area contributed by atoms with E-state index in [0.29, 0.717) is 0 Å². The third-order valence-corrected chi connectivity index (χ3v) is 3.81. The second kappa shape index (κ2) is 6.65. The van der Waals surface area contributed by atoms with Gasteiger partial charge in [-0.2, -0.15) is 0 Å². The molecule has 0 radical (unpaired) electrons. The van der Waals surface area contributed by atoms with Crippen LogP contribution in [0.1, 0.15) is 32.1 Å². The molecule has 0 atom stereocenters. The number of carbonyl (C=O) groups excluding carboxylic acids is 2. The van der Waals surface area contributed by atoms with Crippen LogP contribution in [-0.2, 0) is 9.59 Å². The molecule has 0 spiro atoms. The number of halogens is 2. The van der Waals surface area contributed by atoms with E-state index in [9.17, 15) is 18.4 Å². The van der Waals surface area contributed by atoms with Gasteiger partial charge in [-0.15, -0.1) is 0 Å². The van der Waals surface area contributed by atoms with Crippen LogP contribution in [0.4, 0.5) is 14.5 Å². The van der Waals surface area contributed by atoms with Crippen LogP contribution in [0.15, 0.2) is 18.2 Å². The van der Waals surface area contributed by atoms with E-state index in [1.54, 1.807) is 7.05 Å². The van der Waals surface area contributed by atoms with Crippen LogP contribution in [0, 0.1) is 11.6 Å². The molecule has 0 bridgehead atoms. The zero-order valence-corrected chi connectivity index (χ0v) is 11.9. The Kier molecular flexibility index (Phi) is 4.88. The smallest absolute Gasteiger partial charge is 0.313 e. The van der Waals surface area contributed by atoms with Crippen LogP contribution in [0.5, 0.6) is 0 Å². The van der Waals surface area contributed by atoms with Crippen molar-refractivity contribution < 1.29 is 18.4 Å². The maximum Gasteiger partial charge on any atom is 0.313 e. The van der Waals surface area contributed by atoms with Crippen molar-refractivity contribution >= 4 is 17.5 Å². The minimum atomic E-state index is -0.951. The second-order valence-electron chi connectivity index (χ2n) is 5.29. The summed E-state index contributed by atoms with van der Waals surface area (Å²) in [4.78, 5) is 25.3. The first-order chi connectivity index (χ1) is 9.99. The van der Waals surface area contributed by atoms with Gasteiger partial charge in [-0.3, -0.25) is 9.59 Å². The van der Waals surface area contributed by atoms with Gasteiger partial charge >= 0.3 is 11.8 Å². The maximum atomic E-state index is 13.4. The number of rotatable bonds is 2. The van der Waals surface area contributed by atoms with Gasteiger partial charge in [0, 0.05) is 19.2 Å². The summed E-state index contributed by atoms with van der Waals surface area (Å²) < 4.78 is 26.5. The summed E-state index contributed by atoms with van der Waals surface area (Å²) in [6, 6.07) is 2.73. The zero-order chi connectivity index (χ0) is 15.4. The van der Waals surface area contributed by atoms with E-state index in [-0.39, 0.29) is 11.7 Å². The van der Waals surface area contributed by atoms with E-state index in [1.807, 2.05) is 0 Å². The fraction of sp³-hybridized carbons (Fsp3) is 0.467. The topological polar surface area (TPSA) is 49.4 Å². The van der Waals surface area contributed by atoms with Gasteiger partial charge in [0.25, 0.3) is 0 Å². The van der Waals surface area contributed by atoms with Gasteiger partial charge in [-0.05, 0) is 25.0 Å². The van der Waals surface area contributed by atoms with Crippen molar-refractivity contribution in [3.8, 4) is 0 Å². The number of likely N-dealkylation sites (N-methyl/N-ethyl adjacent to an activating group) is 1. The molecule has 1 aromatic carbocycles. The fourth-order valence-electron chi connectivity index (χ4n) is 2.56. The molecule has 6 heteroatoms. The molecular weight excluding hydrogens is 278 g/mol. The molecule has 2 amide bonds. The molecule has 4 nitrogen and oxygen atoms in total. The first kappa shape index (κ1) is 15.4. The highest BCUT2D eigenvalue weighted by Gasteiger charge is 2.27. The minimum absolute atomic E-state index is 0.0364. The molecule has 2 rings (SSSR count). The molecule has 21 heavy (non-hydrogen) atoms. The standard InChI is InChI=1S/C15H18F2N2O2/c1-19(11-5-3-2-4-6-11)15(21)14(20)18-13-9-10(16)7-8-12(13)17/h7-9,11H,2-6H2,1H3,(H,18,20). The number of hydrogen-bond donors (Lipinski definition) is 1. The van der Waals surface area contributed by atoms with Crippen LogP contribution in [0.2, 0.25) is 0 Å². The van der Waals surface area contributed by atoms with Crippen LogP contribution in [0.25, 0.3) is 0 Å². The Hall–Kier alpha value is -1.98. The van der Waals surface area contributed by atoms with Crippen LogP contribution in [-0.4, -0.2) is 29.8 Å². The normalized spacial score (nSPS) is 15.6. The van der Waals surface area contributed by atoms with Gasteiger partial charge in [0.2, 0.25) is 0 Å². The number of anilines is 1. The lowest BCUT2D eigenvalue weighted by Gasteiger charge is -2.30. The molecule has 1 N–H and O–H groups in total. The molecule has 0 saturated heterocycles. The van der Waals surface area contributed by atoms with Crippen LogP contribution in [0.3, 0.4) is 0 Å². The number of nitrogens with one attached hydrogen (secondary N) is 1. The third-order valence-electron chi connectivity index (χ3n) is 3.81. The third kappa shape index (κ3) is 3.77. The van der Waals surface area contributed by atoms with Crippen molar-refractivity contribution in [2.45, 2.75) is 38.1 Å². The van der Waals surface area contributed by atoms with Crippen molar-refractivity contribution in [3.05, 3.63) is 29.8 Å². The lowest BCUT2D eigenvalue weighted by atomic mass is 9.94. The average Bonchev–Trinajstić information content (AvgIpc) is 2.50. The largest absolute Gasteiger partial charge is 0.335 e. The fourth-order valence-corrected chi connectivity index (χ4v) is 2.56. The lowest BCUT2D eigenvalue weighted by molar-refractivity contribution is -0.144. The molecule has 1 aliphatic carbocycles.